The summed E-state index contributed by atoms with van der Waals surface area (Å²) in [6.07, 6.45) is 0. The monoisotopic (exact) mass is 405 g/mol. The summed E-state index contributed by atoms with van der Waals surface area (Å²) in [4.78, 5) is 42.8. The average Bonchev–Trinajstić information content (AvgIpc) is 3.07. The van der Waals surface area contributed by atoms with Gasteiger partial charge in [-0.05, 0) is 31.2 Å². The van der Waals surface area contributed by atoms with Crippen molar-refractivity contribution in [3.8, 4) is 5.75 Å². The van der Waals surface area contributed by atoms with Gasteiger partial charge >= 0.3 is 5.97 Å². The van der Waals surface area contributed by atoms with Gasteiger partial charge in [-0.1, -0.05) is 11.8 Å². The Labute approximate surface area is 161 Å². The maximum Gasteiger partial charge on any atom is 0.337 e. The lowest BCUT2D eigenvalue weighted by Gasteiger charge is -2.11. The van der Waals surface area contributed by atoms with E-state index in [1.165, 1.54) is 5.38 Å². The minimum Gasteiger partial charge on any atom is -0.497 e. The number of carboxylic acids is 1. The zero-order valence-corrected chi connectivity index (χ0v) is 15.9. The Morgan fingerprint density at radius 2 is 2.04 bits per heavy atom. The van der Waals surface area contributed by atoms with Crippen molar-refractivity contribution < 1.29 is 19.4 Å². The molecule has 0 spiro atoms. The van der Waals surface area contributed by atoms with Crippen LogP contribution < -0.4 is 15.6 Å². The summed E-state index contributed by atoms with van der Waals surface area (Å²) in [5.74, 6) is -0.756. The summed E-state index contributed by atoms with van der Waals surface area (Å²) in [5.41, 5.74) is 0.00372. The van der Waals surface area contributed by atoms with Crippen LogP contribution in [0.5, 0.6) is 5.75 Å². The van der Waals surface area contributed by atoms with Crippen LogP contribution >= 0.6 is 23.1 Å². The summed E-state index contributed by atoms with van der Waals surface area (Å²) in [5, 5.41) is 13.0. The Morgan fingerprint density at radius 3 is 2.67 bits per heavy atom. The topological polar surface area (TPSA) is 121 Å². The first-order chi connectivity index (χ1) is 12.9. The first-order valence-electron chi connectivity index (χ1n) is 7.75. The number of aromatic carboxylic acids is 1. The molecule has 3 rings (SSSR count). The number of nitrogens with one attached hydrogen (secondary N) is 2. The molecule has 2 heterocycles. The molecule has 1 amide bonds. The molecule has 3 aromatic rings. The van der Waals surface area contributed by atoms with Gasteiger partial charge in [0.1, 0.15) is 10.6 Å². The third-order valence-corrected chi connectivity index (χ3v) is 5.52. The molecule has 3 N–H and O–H groups in total. The Kier molecular flexibility index (Phi) is 5.47. The van der Waals surface area contributed by atoms with Crippen LogP contribution in [0.15, 0.2) is 39.6 Å². The van der Waals surface area contributed by atoms with E-state index in [2.05, 4.69) is 15.3 Å². The average molecular weight is 405 g/mol. The van der Waals surface area contributed by atoms with Crippen LogP contribution in [-0.2, 0) is 4.79 Å². The minimum atomic E-state index is -1.18. The zero-order chi connectivity index (χ0) is 19.6. The number of fused-ring (bicyclic) bond motifs is 1. The second-order valence-electron chi connectivity index (χ2n) is 5.48. The minimum absolute atomic E-state index is 0.0483. The van der Waals surface area contributed by atoms with Crippen molar-refractivity contribution in [2.24, 2.45) is 0 Å². The number of carbonyl (C=O) groups excluding carboxylic acids is 1. The molecule has 0 fully saturated rings. The van der Waals surface area contributed by atoms with Gasteiger partial charge in [-0.3, -0.25) is 9.59 Å². The number of benzene rings is 1. The van der Waals surface area contributed by atoms with Gasteiger partial charge in [-0.25, -0.2) is 9.78 Å². The molecule has 8 nitrogen and oxygen atoms in total. The molecule has 10 heteroatoms. The van der Waals surface area contributed by atoms with E-state index in [9.17, 15) is 14.4 Å². The van der Waals surface area contributed by atoms with Crippen molar-refractivity contribution in [3.05, 3.63) is 45.6 Å². The molecule has 0 aliphatic carbocycles. The number of methoxy groups -OCH3 is 1. The van der Waals surface area contributed by atoms with Gasteiger partial charge < -0.3 is 20.1 Å². The Bertz CT molecular complexity index is 1060. The Balaban J connectivity index is 1.74. The number of aromatic nitrogens is 2. The number of amides is 1. The molecule has 1 unspecified atom stereocenters. The number of nitrogens with zero attached hydrogens (tertiary/aromatic N) is 1. The second-order valence-corrected chi connectivity index (χ2v) is 7.67. The normalized spacial score (nSPS) is 11.9. The first kappa shape index (κ1) is 18.9. The predicted molar refractivity (Wildman–Crippen MR) is 104 cm³/mol. The number of anilines is 1. The van der Waals surface area contributed by atoms with Gasteiger partial charge in [0.15, 0.2) is 5.16 Å². The molecular formula is C17H15N3O5S2. The standard InChI is InChI=1S/C17H15N3O5S2/c1-8(13(21)18-9-3-5-10(25-2)6-4-9)27-17-19-14(22)12-11(16(23)24)7-26-15(12)20-17/h3-8H,1-2H3,(H,18,21)(H,23,24)(H,19,20,22). The summed E-state index contributed by atoms with van der Waals surface area (Å²) >= 11 is 2.16. The van der Waals surface area contributed by atoms with E-state index in [0.717, 1.165) is 23.1 Å². The first-order valence-corrected chi connectivity index (χ1v) is 9.51. The molecule has 0 radical (unpaired) electrons. The van der Waals surface area contributed by atoms with E-state index in [1.54, 1.807) is 38.3 Å². The van der Waals surface area contributed by atoms with Crippen LogP contribution in [0.4, 0.5) is 5.69 Å². The van der Waals surface area contributed by atoms with E-state index in [4.69, 9.17) is 9.84 Å². The second kappa shape index (κ2) is 7.80. The van der Waals surface area contributed by atoms with E-state index < -0.39 is 16.8 Å². The molecule has 27 heavy (non-hydrogen) atoms. The maximum atomic E-state index is 12.4. The lowest BCUT2D eigenvalue weighted by atomic mass is 10.2. The molecule has 140 valence electrons. The third-order valence-electron chi connectivity index (χ3n) is 3.67. The summed E-state index contributed by atoms with van der Waals surface area (Å²) in [6, 6.07) is 6.91. The number of thiophene rings is 1. The molecule has 0 saturated heterocycles. The van der Waals surface area contributed by atoms with Crippen molar-refractivity contribution in [3.63, 3.8) is 0 Å². The fourth-order valence-corrected chi connectivity index (χ4v) is 4.05. The van der Waals surface area contributed by atoms with Crippen LogP contribution in [-0.4, -0.2) is 39.3 Å². The number of hydrogen-bond donors (Lipinski definition) is 3. The number of carbonyl (C=O) groups is 2. The SMILES string of the molecule is COc1ccc(NC(=O)C(C)Sc2nc3scc(C(=O)O)c3c(=O)[nH]2)cc1. The molecule has 0 saturated carbocycles. The summed E-state index contributed by atoms with van der Waals surface area (Å²) in [6.45, 7) is 1.69. The molecule has 1 aromatic carbocycles. The smallest absolute Gasteiger partial charge is 0.337 e. The van der Waals surface area contributed by atoms with Gasteiger partial charge in [-0.15, -0.1) is 11.3 Å². The van der Waals surface area contributed by atoms with Gasteiger partial charge in [0.25, 0.3) is 5.56 Å². The van der Waals surface area contributed by atoms with E-state index in [0.29, 0.717) is 16.3 Å². The fraction of sp³-hybridized carbons (Fsp3) is 0.176. The highest BCUT2D eigenvalue weighted by atomic mass is 32.2. The highest BCUT2D eigenvalue weighted by Gasteiger charge is 2.20. The van der Waals surface area contributed by atoms with Crippen LogP contribution in [0.1, 0.15) is 17.3 Å². The highest BCUT2D eigenvalue weighted by Crippen LogP contribution is 2.26. The van der Waals surface area contributed by atoms with Crippen LogP contribution in [0.25, 0.3) is 10.2 Å². The summed E-state index contributed by atoms with van der Waals surface area (Å²) in [7, 11) is 1.56. The molecule has 0 aliphatic heterocycles. The quantitative estimate of drug-likeness (QED) is 0.426. The Hall–Kier alpha value is -2.85. The number of H-pyrrole nitrogens is 1. The van der Waals surface area contributed by atoms with Crippen molar-refractivity contribution in [2.75, 3.05) is 12.4 Å². The van der Waals surface area contributed by atoms with Crippen LogP contribution in [0, 0.1) is 0 Å². The van der Waals surface area contributed by atoms with Crippen molar-refractivity contribution in [2.45, 2.75) is 17.3 Å². The maximum absolute atomic E-state index is 12.4. The largest absolute Gasteiger partial charge is 0.497 e. The third kappa shape index (κ3) is 4.12. The van der Waals surface area contributed by atoms with Gasteiger partial charge in [0.05, 0.1) is 23.3 Å². The number of ether oxygens (including phenoxy) is 1. The molecule has 0 bridgehead atoms. The lowest BCUT2D eigenvalue weighted by molar-refractivity contribution is -0.115. The zero-order valence-electron chi connectivity index (χ0n) is 14.3. The van der Waals surface area contributed by atoms with Crippen molar-refractivity contribution >= 4 is 50.9 Å². The number of carboxylic acid groups (broad SMARTS) is 1. The molecule has 0 aliphatic rings. The van der Waals surface area contributed by atoms with E-state index in [1.807, 2.05) is 0 Å². The fourth-order valence-electron chi connectivity index (χ4n) is 2.28. The Morgan fingerprint density at radius 1 is 1.33 bits per heavy atom. The van der Waals surface area contributed by atoms with Crippen molar-refractivity contribution in [1.82, 2.24) is 9.97 Å². The lowest BCUT2D eigenvalue weighted by Crippen LogP contribution is -2.23. The van der Waals surface area contributed by atoms with Crippen molar-refractivity contribution in [1.29, 1.82) is 0 Å². The highest BCUT2D eigenvalue weighted by molar-refractivity contribution is 8.00. The summed E-state index contributed by atoms with van der Waals surface area (Å²) < 4.78 is 5.07. The number of thioether (sulfide) groups is 1. The van der Waals surface area contributed by atoms with E-state index >= 15 is 0 Å². The van der Waals surface area contributed by atoms with Gasteiger partial charge in [0.2, 0.25) is 5.91 Å². The van der Waals surface area contributed by atoms with Gasteiger partial charge in [0, 0.05) is 11.1 Å². The number of hydrogen-bond acceptors (Lipinski definition) is 7. The number of rotatable bonds is 6. The molecular weight excluding hydrogens is 390 g/mol. The van der Waals surface area contributed by atoms with Crippen LogP contribution in [0.3, 0.4) is 0 Å². The van der Waals surface area contributed by atoms with Crippen LogP contribution in [0.2, 0.25) is 0 Å². The molecule has 2 aromatic heterocycles. The van der Waals surface area contributed by atoms with E-state index in [-0.39, 0.29) is 22.0 Å². The van der Waals surface area contributed by atoms with Gasteiger partial charge in [-0.2, -0.15) is 0 Å². The molecule has 1 atom stereocenters. The number of aromatic amines is 1. The predicted octanol–water partition coefficient (Wildman–Crippen LogP) is 2.81.